The molecule has 0 radical (unpaired) electrons. The second kappa shape index (κ2) is 8.13. The third-order valence-electron chi connectivity index (χ3n) is 3.82. The minimum Gasteiger partial charge on any atom is -0.361 e. The summed E-state index contributed by atoms with van der Waals surface area (Å²) in [6.45, 7) is 8.83. The maximum Gasteiger partial charge on any atom is 0.288 e. The summed E-state index contributed by atoms with van der Waals surface area (Å²) in [5.74, 6) is 0.329. The van der Waals surface area contributed by atoms with Gasteiger partial charge in [0.15, 0.2) is 10.3 Å². The van der Waals surface area contributed by atoms with E-state index in [1.165, 1.54) is 11.3 Å². The van der Waals surface area contributed by atoms with Gasteiger partial charge in [0.2, 0.25) is 0 Å². The molecule has 1 N–H and O–H groups in total. The minimum atomic E-state index is -0.291. The van der Waals surface area contributed by atoms with Crippen LogP contribution in [0.25, 0.3) is 0 Å². The molecule has 0 aromatic carbocycles. The van der Waals surface area contributed by atoms with Crippen molar-refractivity contribution >= 4 is 22.9 Å². The van der Waals surface area contributed by atoms with Crippen molar-refractivity contribution in [1.29, 1.82) is 0 Å². The van der Waals surface area contributed by atoms with E-state index < -0.39 is 0 Å². The topological polar surface area (TPSA) is 80.5 Å². The van der Waals surface area contributed by atoms with E-state index in [0.29, 0.717) is 29.8 Å². The number of allylic oxidation sites excluding steroid dienone is 1. The molecular weight excluding hydrogens is 352 g/mol. The van der Waals surface area contributed by atoms with Crippen LogP contribution in [0, 0.1) is 16.0 Å². The third-order valence-corrected chi connectivity index (χ3v) is 4.94. The molecule has 2 unspecified atom stereocenters. The van der Waals surface area contributed by atoms with E-state index in [9.17, 15) is 10.1 Å². The number of halogens is 1. The summed E-state index contributed by atoms with van der Waals surface area (Å²) in [4.78, 5) is 18.2. The molecule has 0 fully saturated rings. The number of hydrogen-bond acceptors (Lipinski definition) is 7. The van der Waals surface area contributed by atoms with Gasteiger partial charge in [-0.25, -0.2) is 4.98 Å². The van der Waals surface area contributed by atoms with E-state index in [-0.39, 0.29) is 28.9 Å². The fourth-order valence-corrected chi connectivity index (χ4v) is 3.78. The molecule has 2 atom stereocenters. The number of ether oxygens (including phenoxy) is 1. The summed E-state index contributed by atoms with van der Waals surface area (Å²) in [5.41, 5.74) is 0.205. The van der Waals surface area contributed by atoms with Crippen LogP contribution in [-0.4, -0.2) is 33.7 Å². The number of nitro groups is 1. The maximum absolute atomic E-state index is 11.6. The molecule has 0 saturated carbocycles. The van der Waals surface area contributed by atoms with Gasteiger partial charge in [0.25, 0.3) is 5.70 Å². The van der Waals surface area contributed by atoms with Crippen LogP contribution < -0.4 is 5.32 Å². The second-order valence-electron chi connectivity index (χ2n) is 5.99. The van der Waals surface area contributed by atoms with Crippen LogP contribution in [0.2, 0.25) is 4.47 Å². The Morgan fingerprint density at radius 2 is 2.33 bits per heavy atom. The second-order valence-corrected chi connectivity index (χ2v) is 7.68. The monoisotopic (exact) mass is 374 g/mol. The van der Waals surface area contributed by atoms with Gasteiger partial charge in [0.1, 0.15) is 6.23 Å². The maximum atomic E-state index is 11.6. The number of nitrogens with one attached hydrogen (secondary N) is 1. The van der Waals surface area contributed by atoms with Crippen LogP contribution >= 0.6 is 22.9 Å². The molecular formula is C15H23ClN4O3S. The highest BCUT2D eigenvalue weighted by Gasteiger charge is 2.39. The normalized spacial score (nSPS) is 21.5. The van der Waals surface area contributed by atoms with Crippen molar-refractivity contribution in [3.63, 3.8) is 0 Å². The predicted molar refractivity (Wildman–Crippen MR) is 94.2 cm³/mol. The van der Waals surface area contributed by atoms with Crippen molar-refractivity contribution in [3.05, 3.63) is 37.2 Å². The Morgan fingerprint density at radius 1 is 1.62 bits per heavy atom. The Morgan fingerprint density at radius 3 is 2.83 bits per heavy atom. The molecule has 0 amide bonds. The van der Waals surface area contributed by atoms with E-state index in [1.807, 2.05) is 32.6 Å². The highest BCUT2D eigenvalue weighted by Crippen LogP contribution is 2.32. The van der Waals surface area contributed by atoms with Gasteiger partial charge in [0.05, 0.1) is 23.5 Å². The zero-order valence-corrected chi connectivity index (χ0v) is 15.9. The minimum absolute atomic E-state index is 0.0509. The Labute approximate surface area is 150 Å². The molecule has 0 aliphatic carbocycles. The largest absolute Gasteiger partial charge is 0.361 e. The predicted octanol–water partition coefficient (Wildman–Crippen LogP) is 3.44. The first-order valence-corrected chi connectivity index (χ1v) is 9.17. The molecule has 0 saturated heterocycles. The van der Waals surface area contributed by atoms with E-state index in [2.05, 4.69) is 10.3 Å². The van der Waals surface area contributed by atoms with Crippen molar-refractivity contribution in [2.45, 2.75) is 53.0 Å². The van der Waals surface area contributed by atoms with Crippen LogP contribution in [0.3, 0.4) is 0 Å². The molecule has 0 bridgehead atoms. The van der Waals surface area contributed by atoms with Crippen molar-refractivity contribution in [3.8, 4) is 0 Å². The first kappa shape index (κ1) is 19.0. The van der Waals surface area contributed by atoms with E-state index >= 15 is 0 Å². The Hall–Kier alpha value is -1.38. The van der Waals surface area contributed by atoms with E-state index in [0.717, 1.165) is 4.88 Å². The quantitative estimate of drug-likeness (QED) is 0.581. The lowest BCUT2D eigenvalue weighted by Crippen LogP contribution is -2.48. The van der Waals surface area contributed by atoms with Crippen molar-refractivity contribution in [1.82, 2.24) is 15.2 Å². The lowest BCUT2D eigenvalue weighted by molar-refractivity contribution is -0.439. The van der Waals surface area contributed by atoms with Gasteiger partial charge >= 0.3 is 0 Å². The molecule has 1 aliphatic heterocycles. The molecule has 1 aliphatic rings. The van der Waals surface area contributed by atoms with Crippen molar-refractivity contribution in [2.75, 3.05) is 6.54 Å². The van der Waals surface area contributed by atoms with Crippen LogP contribution in [0.4, 0.5) is 0 Å². The number of hydrogen-bond donors (Lipinski definition) is 1. The molecule has 7 nitrogen and oxygen atoms in total. The van der Waals surface area contributed by atoms with E-state index in [1.54, 1.807) is 6.20 Å². The van der Waals surface area contributed by atoms with Gasteiger partial charge in [-0.1, -0.05) is 18.5 Å². The summed E-state index contributed by atoms with van der Waals surface area (Å²) in [6.07, 6.45) is 2.15. The Balaban J connectivity index is 2.29. The molecule has 2 heterocycles. The number of nitrogens with zero attached hydrogens (tertiary/aromatic N) is 3. The first-order chi connectivity index (χ1) is 11.3. The van der Waals surface area contributed by atoms with Gasteiger partial charge in [-0.2, -0.15) is 0 Å². The average Bonchev–Trinajstić information content (AvgIpc) is 2.89. The Bertz CT molecular complexity index is 620. The highest BCUT2D eigenvalue weighted by atomic mass is 35.5. The molecule has 1 aromatic heterocycles. The third kappa shape index (κ3) is 4.37. The van der Waals surface area contributed by atoms with Gasteiger partial charge in [-0.05, 0) is 20.8 Å². The average molecular weight is 375 g/mol. The summed E-state index contributed by atoms with van der Waals surface area (Å²) in [6, 6.07) is 0. The summed E-state index contributed by atoms with van der Waals surface area (Å²) in [5, 5.41) is 14.8. The standard InChI is InChI=1S/C15H23ClN4O3S/c1-5-19-12(23-9(2)3)6-10(4)13(20(21)22)14(19)17-7-11-8-18-15(16)24-11/h8-10,12,17H,5-7H2,1-4H3. The molecule has 0 spiro atoms. The number of thiazole rings is 1. The molecule has 1 aromatic rings. The van der Waals surface area contributed by atoms with Crippen molar-refractivity contribution in [2.24, 2.45) is 5.92 Å². The smallest absolute Gasteiger partial charge is 0.288 e. The van der Waals surface area contributed by atoms with Gasteiger partial charge in [-0.15, -0.1) is 11.3 Å². The van der Waals surface area contributed by atoms with Crippen molar-refractivity contribution < 1.29 is 9.66 Å². The lowest BCUT2D eigenvalue weighted by atomic mass is 9.97. The van der Waals surface area contributed by atoms with Crippen LogP contribution in [0.1, 0.15) is 39.0 Å². The Kier molecular flexibility index (Phi) is 6.42. The first-order valence-electron chi connectivity index (χ1n) is 7.98. The number of aromatic nitrogens is 1. The summed E-state index contributed by atoms with van der Waals surface area (Å²) in [7, 11) is 0. The van der Waals surface area contributed by atoms with Gasteiger partial charge in [0, 0.05) is 24.0 Å². The highest BCUT2D eigenvalue weighted by molar-refractivity contribution is 7.15. The number of rotatable bonds is 7. The molecule has 24 heavy (non-hydrogen) atoms. The lowest BCUT2D eigenvalue weighted by Gasteiger charge is -2.40. The van der Waals surface area contributed by atoms with Gasteiger partial charge in [-0.3, -0.25) is 10.1 Å². The molecule has 2 rings (SSSR count). The van der Waals surface area contributed by atoms with Crippen LogP contribution in [0.15, 0.2) is 17.7 Å². The van der Waals surface area contributed by atoms with Crippen LogP contribution in [-0.2, 0) is 11.3 Å². The van der Waals surface area contributed by atoms with Crippen LogP contribution in [0.5, 0.6) is 0 Å². The zero-order valence-electron chi connectivity index (χ0n) is 14.3. The van der Waals surface area contributed by atoms with E-state index in [4.69, 9.17) is 16.3 Å². The van der Waals surface area contributed by atoms with Gasteiger partial charge < -0.3 is 15.0 Å². The molecule has 134 valence electrons. The summed E-state index contributed by atoms with van der Waals surface area (Å²) < 4.78 is 6.44. The SMILES string of the molecule is CCN1C(NCc2cnc(Cl)s2)=C([N+](=O)[O-])C(C)CC1OC(C)C. The zero-order chi connectivity index (χ0) is 17.9. The fourth-order valence-electron chi connectivity index (χ4n) is 2.87. The fraction of sp³-hybridized carbons (Fsp3) is 0.667. The molecule has 9 heteroatoms. The summed E-state index contributed by atoms with van der Waals surface area (Å²) >= 11 is 7.21.